The van der Waals surface area contributed by atoms with Gasteiger partial charge in [-0.1, -0.05) is 24.3 Å². The predicted molar refractivity (Wildman–Crippen MR) is 86.4 cm³/mol. The van der Waals surface area contributed by atoms with Gasteiger partial charge in [-0.05, 0) is 47.0 Å². The van der Waals surface area contributed by atoms with Gasteiger partial charge in [0.05, 0.1) is 6.54 Å². The highest BCUT2D eigenvalue weighted by Crippen LogP contribution is 2.34. The molecule has 3 heterocycles. The van der Waals surface area contributed by atoms with Crippen LogP contribution in [0.3, 0.4) is 0 Å². The number of carbonyl (C=O) groups excluding carboxylic acids is 1. The average molecular weight is 323 g/mol. The number of aromatic nitrogens is 4. The first-order valence-corrected chi connectivity index (χ1v) is 7.82. The monoisotopic (exact) mass is 323 g/mol. The maximum absolute atomic E-state index is 12.8. The van der Waals surface area contributed by atoms with E-state index in [4.69, 9.17) is 0 Å². The Balaban J connectivity index is 1.60. The van der Waals surface area contributed by atoms with E-state index in [1.54, 1.807) is 23.2 Å². The fraction of sp³-hybridized carbons (Fsp3) is 0.294. The average Bonchev–Trinajstić information content (AvgIpc) is 3.21. The van der Waals surface area contributed by atoms with Crippen molar-refractivity contribution in [1.29, 1.82) is 0 Å². The molecule has 7 nitrogen and oxygen atoms in total. The molecular weight excluding hydrogens is 306 g/mol. The van der Waals surface area contributed by atoms with Gasteiger partial charge < -0.3 is 10.0 Å². The first-order valence-electron chi connectivity index (χ1n) is 7.82. The van der Waals surface area contributed by atoms with Crippen LogP contribution in [-0.2, 0) is 5.60 Å². The lowest BCUT2D eigenvalue weighted by Crippen LogP contribution is -2.34. The minimum Gasteiger partial charge on any atom is -0.383 e. The van der Waals surface area contributed by atoms with Crippen LogP contribution >= 0.6 is 0 Å². The zero-order chi connectivity index (χ0) is 16.7. The summed E-state index contributed by atoms with van der Waals surface area (Å²) in [6.07, 6.45) is 2.19. The number of hydrogen-bond acceptors (Lipinski definition) is 5. The lowest BCUT2D eigenvalue weighted by atomic mass is 9.89. The molecule has 0 spiro atoms. The molecule has 1 fully saturated rings. The van der Waals surface area contributed by atoms with Gasteiger partial charge in [0.1, 0.15) is 5.60 Å². The largest absolute Gasteiger partial charge is 0.383 e. The number of amides is 1. The molecule has 1 saturated heterocycles. The number of hydrogen-bond donors (Lipinski definition) is 1. The van der Waals surface area contributed by atoms with Crippen LogP contribution < -0.4 is 0 Å². The summed E-state index contributed by atoms with van der Waals surface area (Å²) in [6.45, 7) is 2.77. The Morgan fingerprint density at radius 3 is 2.96 bits per heavy atom. The molecule has 0 saturated carbocycles. The molecule has 1 amide bonds. The third-order valence-corrected chi connectivity index (χ3v) is 4.63. The van der Waals surface area contributed by atoms with Crippen molar-refractivity contribution in [1.82, 2.24) is 24.9 Å². The number of benzene rings is 1. The lowest BCUT2D eigenvalue weighted by Gasteiger charge is -2.25. The van der Waals surface area contributed by atoms with E-state index < -0.39 is 5.60 Å². The second kappa shape index (κ2) is 5.38. The molecule has 0 bridgehead atoms. The van der Waals surface area contributed by atoms with Gasteiger partial charge in [0.25, 0.3) is 5.91 Å². The van der Waals surface area contributed by atoms with Crippen molar-refractivity contribution in [2.45, 2.75) is 18.9 Å². The molecule has 1 aliphatic rings. The summed E-state index contributed by atoms with van der Waals surface area (Å²) < 4.78 is 1.50. The van der Waals surface area contributed by atoms with Crippen molar-refractivity contribution in [3.8, 4) is 0 Å². The van der Waals surface area contributed by atoms with Crippen LogP contribution in [0, 0.1) is 6.92 Å². The molecule has 7 heteroatoms. The number of aryl methyl sites for hydroxylation is 1. The second-order valence-electron chi connectivity index (χ2n) is 6.22. The Labute approximate surface area is 138 Å². The van der Waals surface area contributed by atoms with E-state index in [-0.39, 0.29) is 12.5 Å². The van der Waals surface area contributed by atoms with Crippen LogP contribution in [-0.4, -0.2) is 49.0 Å². The number of fused-ring (bicyclic) bond motifs is 1. The molecule has 1 N–H and O–H groups in total. The van der Waals surface area contributed by atoms with Gasteiger partial charge in [0.15, 0.2) is 5.65 Å². The first kappa shape index (κ1) is 14.8. The Bertz CT molecular complexity index is 922. The van der Waals surface area contributed by atoms with Crippen molar-refractivity contribution in [3.05, 3.63) is 59.3 Å². The zero-order valence-electron chi connectivity index (χ0n) is 13.3. The summed E-state index contributed by atoms with van der Waals surface area (Å²) >= 11 is 0. The number of likely N-dealkylation sites (tertiary alicyclic amines) is 1. The van der Waals surface area contributed by atoms with E-state index >= 15 is 0 Å². The number of carbonyl (C=O) groups is 1. The Morgan fingerprint density at radius 2 is 2.12 bits per heavy atom. The molecule has 0 aliphatic carbocycles. The molecule has 0 unspecified atom stereocenters. The van der Waals surface area contributed by atoms with Crippen molar-refractivity contribution < 1.29 is 9.90 Å². The quantitative estimate of drug-likeness (QED) is 0.765. The van der Waals surface area contributed by atoms with Crippen LogP contribution in [0.2, 0.25) is 0 Å². The maximum Gasteiger partial charge on any atom is 0.254 e. The van der Waals surface area contributed by atoms with Gasteiger partial charge in [-0.2, -0.15) is 0 Å². The summed E-state index contributed by atoms with van der Waals surface area (Å²) in [6, 6.07) is 11.1. The summed E-state index contributed by atoms with van der Waals surface area (Å²) in [5.41, 5.74) is 1.96. The minimum absolute atomic E-state index is 0.120. The van der Waals surface area contributed by atoms with E-state index in [1.165, 1.54) is 4.52 Å². The van der Waals surface area contributed by atoms with Gasteiger partial charge in [-0.25, -0.2) is 4.52 Å². The van der Waals surface area contributed by atoms with Gasteiger partial charge >= 0.3 is 0 Å². The standard InChI is InChI=1S/C17H17N5O2/c1-12-4-2-3-5-14(12)17(24)7-9-21(11-17)16(23)13-6-8-22-15(10-13)18-19-20-22/h2-6,8,10,24H,7,9,11H2,1H3/t17-/m1/s1. The van der Waals surface area contributed by atoms with Gasteiger partial charge in [0.2, 0.25) is 0 Å². The molecule has 24 heavy (non-hydrogen) atoms. The highest BCUT2D eigenvalue weighted by atomic mass is 16.3. The molecule has 122 valence electrons. The van der Waals surface area contributed by atoms with Crippen LogP contribution in [0.15, 0.2) is 42.6 Å². The van der Waals surface area contributed by atoms with Crippen molar-refractivity contribution in [2.75, 3.05) is 13.1 Å². The minimum atomic E-state index is -0.998. The zero-order valence-corrected chi connectivity index (χ0v) is 13.3. The number of β-amino-alcohol motifs (C(OH)–C–C–N with tert-alkyl or cyclic N) is 1. The maximum atomic E-state index is 12.8. The van der Waals surface area contributed by atoms with Crippen LogP contribution in [0.5, 0.6) is 0 Å². The molecule has 1 aromatic carbocycles. The Morgan fingerprint density at radius 1 is 1.29 bits per heavy atom. The van der Waals surface area contributed by atoms with E-state index in [1.807, 2.05) is 31.2 Å². The Hall–Kier alpha value is -2.80. The molecular formula is C17H17N5O2. The van der Waals surface area contributed by atoms with Gasteiger partial charge in [-0.15, -0.1) is 5.10 Å². The van der Waals surface area contributed by atoms with E-state index in [0.717, 1.165) is 11.1 Å². The summed E-state index contributed by atoms with van der Waals surface area (Å²) in [7, 11) is 0. The third kappa shape index (κ3) is 2.33. The highest BCUT2D eigenvalue weighted by molar-refractivity contribution is 5.95. The number of nitrogens with zero attached hydrogens (tertiary/aromatic N) is 5. The predicted octanol–water partition coefficient (Wildman–Crippen LogP) is 1.17. The first-order chi connectivity index (χ1) is 11.6. The SMILES string of the molecule is Cc1ccccc1[C@@]1(O)CCN(C(=O)c2ccn3nnnc3c2)C1. The number of pyridine rings is 1. The number of aliphatic hydroxyl groups is 1. The van der Waals surface area contributed by atoms with Crippen LogP contribution in [0.4, 0.5) is 0 Å². The van der Waals surface area contributed by atoms with Crippen LogP contribution in [0.1, 0.15) is 27.9 Å². The van der Waals surface area contributed by atoms with E-state index in [0.29, 0.717) is 24.2 Å². The summed E-state index contributed by atoms with van der Waals surface area (Å²) in [4.78, 5) is 14.4. The number of tetrazole rings is 1. The fourth-order valence-corrected chi connectivity index (χ4v) is 3.34. The van der Waals surface area contributed by atoms with Gasteiger partial charge in [-0.3, -0.25) is 4.79 Å². The Kier molecular flexibility index (Phi) is 3.31. The van der Waals surface area contributed by atoms with Crippen LogP contribution in [0.25, 0.3) is 5.65 Å². The summed E-state index contributed by atoms with van der Waals surface area (Å²) in [5.74, 6) is -0.120. The molecule has 3 aromatic rings. The smallest absolute Gasteiger partial charge is 0.254 e. The molecule has 2 aromatic heterocycles. The second-order valence-corrected chi connectivity index (χ2v) is 6.22. The van der Waals surface area contributed by atoms with E-state index in [2.05, 4.69) is 15.5 Å². The molecule has 1 aliphatic heterocycles. The van der Waals surface area contributed by atoms with Crippen molar-refractivity contribution in [3.63, 3.8) is 0 Å². The topological polar surface area (TPSA) is 83.6 Å². The number of rotatable bonds is 2. The van der Waals surface area contributed by atoms with Crippen molar-refractivity contribution >= 4 is 11.6 Å². The van der Waals surface area contributed by atoms with E-state index in [9.17, 15) is 9.90 Å². The lowest BCUT2D eigenvalue weighted by molar-refractivity contribution is 0.0412. The molecule has 1 atom stereocenters. The molecule has 0 radical (unpaired) electrons. The van der Waals surface area contributed by atoms with Gasteiger partial charge in [0, 0.05) is 18.3 Å². The summed E-state index contributed by atoms with van der Waals surface area (Å²) in [5, 5.41) is 22.2. The highest BCUT2D eigenvalue weighted by Gasteiger charge is 2.40. The third-order valence-electron chi connectivity index (χ3n) is 4.63. The molecule has 4 rings (SSSR count). The fourth-order valence-electron chi connectivity index (χ4n) is 3.34. The normalized spacial score (nSPS) is 20.7. The van der Waals surface area contributed by atoms with Crippen molar-refractivity contribution in [2.24, 2.45) is 0 Å².